The number of benzene rings is 1. The average molecular weight is 329 g/mol. The average Bonchev–Trinajstić information content (AvgIpc) is 2.54. The lowest BCUT2D eigenvalue weighted by Crippen LogP contribution is -2.34. The van der Waals surface area contributed by atoms with Gasteiger partial charge < -0.3 is 4.98 Å². The van der Waals surface area contributed by atoms with Crippen molar-refractivity contribution in [3.05, 3.63) is 57.8 Å². The van der Waals surface area contributed by atoms with Gasteiger partial charge in [-0.3, -0.25) is 9.69 Å². The Hall–Kier alpha value is -1.59. The van der Waals surface area contributed by atoms with Crippen molar-refractivity contribution in [1.29, 1.82) is 0 Å². The van der Waals surface area contributed by atoms with Crippen LogP contribution in [0.4, 0.5) is 0 Å². The molecule has 5 heteroatoms. The fourth-order valence-electron chi connectivity index (χ4n) is 3.28. The van der Waals surface area contributed by atoms with E-state index in [0.29, 0.717) is 11.7 Å². The predicted molar refractivity (Wildman–Crippen MR) is 95.1 cm³/mol. The Morgan fingerprint density at radius 1 is 1.39 bits per heavy atom. The molecule has 1 aliphatic rings. The zero-order valence-corrected chi connectivity index (χ0v) is 14.5. The van der Waals surface area contributed by atoms with Gasteiger partial charge in [0, 0.05) is 30.0 Å². The number of aromatic amines is 1. The molecule has 122 valence electrons. The number of aromatic nitrogens is 2. The second-order valence-electron chi connectivity index (χ2n) is 6.18. The van der Waals surface area contributed by atoms with Gasteiger partial charge in [0.1, 0.15) is 5.82 Å². The standard InChI is InChI=1S/C18H23N3OS/c1-13-19-17(10-18(22)20-13)15-6-4-8-21(12-15)11-14-5-3-7-16(9-14)23-2/h3,5,7,9-10,15H,4,6,8,11-12H2,1-2H3,(H,19,20,22). The van der Waals surface area contributed by atoms with Gasteiger partial charge in [-0.25, -0.2) is 4.98 Å². The van der Waals surface area contributed by atoms with Crippen LogP contribution >= 0.6 is 11.8 Å². The van der Waals surface area contributed by atoms with E-state index in [1.807, 2.05) is 6.92 Å². The van der Waals surface area contributed by atoms with Gasteiger partial charge in [-0.05, 0) is 50.3 Å². The third kappa shape index (κ3) is 4.24. The predicted octanol–water partition coefficient (Wildman–Crippen LogP) is 3.18. The maximum absolute atomic E-state index is 11.7. The van der Waals surface area contributed by atoms with Crippen LogP contribution in [0.25, 0.3) is 0 Å². The summed E-state index contributed by atoms with van der Waals surface area (Å²) in [5.41, 5.74) is 2.25. The molecule has 1 fully saturated rings. The van der Waals surface area contributed by atoms with Crippen molar-refractivity contribution in [2.45, 2.75) is 37.1 Å². The van der Waals surface area contributed by atoms with Gasteiger partial charge in [0.25, 0.3) is 5.56 Å². The Balaban J connectivity index is 1.71. The van der Waals surface area contributed by atoms with E-state index in [1.54, 1.807) is 17.8 Å². The minimum atomic E-state index is -0.0442. The lowest BCUT2D eigenvalue weighted by molar-refractivity contribution is 0.198. The highest BCUT2D eigenvalue weighted by Crippen LogP contribution is 2.26. The van der Waals surface area contributed by atoms with Gasteiger partial charge in [-0.15, -0.1) is 11.8 Å². The first kappa shape index (κ1) is 16.3. The van der Waals surface area contributed by atoms with E-state index >= 15 is 0 Å². The minimum absolute atomic E-state index is 0.0442. The second-order valence-corrected chi connectivity index (χ2v) is 7.06. The quantitative estimate of drug-likeness (QED) is 0.875. The van der Waals surface area contributed by atoms with Crippen molar-refractivity contribution in [1.82, 2.24) is 14.9 Å². The number of aryl methyl sites for hydroxylation is 1. The molecule has 4 nitrogen and oxygen atoms in total. The van der Waals surface area contributed by atoms with Crippen LogP contribution in [-0.4, -0.2) is 34.2 Å². The van der Waals surface area contributed by atoms with Crippen LogP contribution in [0.3, 0.4) is 0 Å². The van der Waals surface area contributed by atoms with Crippen LogP contribution in [0.5, 0.6) is 0 Å². The topological polar surface area (TPSA) is 49.0 Å². The van der Waals surface area contributed by atoms with Crippen molar-refractivity contribution in [3.63, 3.8) is 0 Å². The second kappa shape index (κ2) is 7.32. The smallest absolute Gasteiger partial charge is 0.251 e. The van der Waals surface area contributed by atoms with Crippen molar-refractivity contribution in [2.24, 2.45) is 0 Å². The van der Waals surface area contributed by atoms with Gasteiger partial charge in [0.05, 0.1) is 5.69 Å². The fraction of sp³-hybridized carbons (Fsp3) is 0.444. The molecule has 1 saturated heterocycles. The van der Waals surface area contributed by atoms with E-state index in [0.717, 1.165) is 38.2 Å². The van der Waals surface area contributed by atoms with Crippen molar-refractivity contribution in [2.75, 3.05) is 19.3 Å². The molecular weight excluding hydrogens is 306 g/mol. The molecular formula is C18H23N3OS. The molecule has 1 N–H and O–H groups in total. The van der Waals surface area contributed by atoms with Crippen LogP contribution in [0.2, 0.25) is 0 Å². The molecule has 3 rings (SSSR count). The number of hydrogen-bond acceptors (Lipinski definition) is 4. The number of rotatable bonds is 4. The van der Waals surface area contributed by atoms with Gasteiger partial charge in [0.2, 0.25) is 0 Å². The highest BCUT2D eigenvalue weighted by molar-refractivity contribution is 7.98. The molecule has 1 aromatic heterocycles. The summed E-state index contributed by atoms with van der Waals surface area (Å²) < 4.78 is 0. The molecule has 1 atom stereocenters. The number of H-pyrrole nitrogens is 1. The van der Waals surface area contributed by atoms with Crippen LogP contribution in [0.1, 0.15) is 35.8 Å². The number of thioether (sulfide) groups is 1. The summed E-state index contributed by atoms with van der Waals surface area (Å²) in [5, 5.41) is 0. The molecule has 23 heavy (non-hydrogen) atoms. The molecule has 0 aliphatic carbocycles. The summed E-state index contributed by atoms with van der Waals surface area (Å²) in [4.78, 5) is 22.7. The van der Waals surface area contributed by atoms with Crippen molar-refractivity contribution < 1.29 is 0 Å². The fourth-order valence-corrected chi connectivity index (χ4v) is 3.77. The summed E-state index contributed by atoms with van der Waals surface area (Å²) in [5.74, 6) is 1.06. The van der Waals surface area contributed by atoms with Gasteiger partial charge in [0.15, 0.2) is 0 Å². The molecule has 1 aliphatic heterocycles. The number of nitrogens with one attached hydrogen (secondary N) is 1. The molecule has 0 amide bonds. The maximum atomic E-state index is 11.7. The summed E-state index contributed by atoms with van der Waals surface area (Å²) in [6.07, 6.45) is 4.37. The van der Waals surface area contributed by atoms with Crippen LogP contribution < -0.4 is 5.56 Å². The SMILES string of the molecule is CSc1cccc(CN2CCCC(c3cc(=O)[nH]c(C)n3)C2)c1. The highest BCUT2D eigenvalue weighted by Gasteiger charge is 2.23. The first-order valence-corrected chi connectivity index (χ1v) is 9.29. The highest BCUT2D eigenvalue weighted by atomic mass is 32.2. The lowest BCUT2D eigenvalue weighted by atomic mass is 9.94. The molecule has 0 saturated carbocycles. The van der Waals surface area contributed by atoms with Crippen molar-refractivity contribution in [3.8, 4) is 0 Å². The van der Waals surface area contributed by atoms with E-state index in [9.17, 15) is 4.79 Å². The Bertz CT molecular complexity index is 728. The van der Waals surface area contributed by atoms with Crippen LogP contribution in [0.15, 0.2) is 40.0 Å². The van der Waals surface area contributed by atoms with Gasteiger partial charge >= 0.3 is 0 Å². The number of likely N-dealkylation sites (tertiary alicyclic amines) is 1. The number of hydrogen-bond donors (Lipinski definition) is 1. The number of nitrogens with zero attached hydrogens (tertiary/aromatic N) is 2. The third-order valence-electron chi connectivity index (χ3n) is 4.34. The first-order valence-electron chi connectivity index (χ1n) is 8.07. The summed E-state index contributed by atoms with van der Waals surface area (Å²) in [7, 11) is 0. The van der Waals surface area contributed by atoms with E-state index in [4.69, 9.17) is 0 Å². The Morgan fingerprint density at radius 2 is 2.26 bits per heavy atom. The molecule has 1 unspecified atom stereocenters. The summed E-state index contributed by atoms with van der Waals surface area (Å²) >= 11 is 1.78. The zero-order valence-electron chi connectivity index (χ0n) is 13.7. The van der Waals surface area contributed by atoms with E-state index < -0.39 is 0 Å². The van der Waals surface area contributed by atoms with E-state index in [-0.39, 0.29) is 5.56 Å². The van der Waals surface area contributed by atoms with Gasteiger partial charge in [-0.1, -0.05) is 12.1 Å². The molecule has 0 radical (unpaired) electrons. The van der Waals surface area contributed by atoms with Crippen LogP contribution in [-0.2, 0) is 6.54 Å². The largest absolute Gasteiger partial charge is 0.311 e. The Morgan fingerprint density at radius 3 is 3.04 bits per heavy atom. The molecule has 2 heterocycles. The normalized spacial score (nSPS) is 19.0. The summed E-state index contributed by atoms with van der Waals surface area (Å²) in [6.45, 7) is 4.90. The minimum Gasteiger partial charge on any atom is -0.311 e. The monoisotopic (exact) mass is 329 g/mol. The van der Waals surface area contributed by atoms with E-state index in [2.05, 4.69) is 45.4 Å². The Kier molecular flexibility index (Phi) is 5.18. The molecule has 2 aromatic rings. The molecule has 0 spiro atoms. The third-order valence-corrected chi connectivity index (χ3v) is 5.07. The van der Waals surface area contributed by atoms with Crippen molar-refractivity contribution >= 4 is 11.8 Å². The molecule has 1 aromatic carbocycles. The Labute approximate surface area is 141 Å². The van der Waals surface area contributed by atoms with Crippen LogP contribution in [0, 0.1) is 6.92 Å². The molecule has 0 bridgehead atoms. The summed E-state index contributed by atoms with van der Waals surface area (Å²) in [6, 6.07) is 10.4. The first-order chi connectivity index (χ1) is 11.1. The number of piperidine rings is 1. The zero-order chi connectivity index (χ0) is 16.2. The maximum Gasteiger partial charge on any atom is 0.251 e. The lowest BCUT2D eigenvalue weighted by Gasteiger charge is -2.32. The van der Waals surface area contributed by atoms with Gasteiger partial charge in [-0.2, -0.15) is 0 Å². The van der Waals surface area contributed by atoms with E-state index in [1.165, 1.54) is 10.5 Å².